The van der Waals surface area contributed by atoms with Gasteiger partial charge in [-0.3, -0.25) is 14.8 Å². The third-order valence-electron chi connectivity index (χ3n) is 2.38. The maximum Gasteiger partial charge on any atom is 0.324 e. The van der Waals surface area contributed by atoms with Crippen molar-refractivity contribution in [1.29, 1.82) is 0 Å². The van der Waals surface area contributed by atoms with Gasteiger partial charge in [0.1, 0.15) is 6.54 Å². The fourth-order valence-electron chi connectivity index (χ4n) is 1.54. The van der Waals surface area contributed by atoms with E-state index in [1.807, 2.05) is 0 Å². The lowest BCUT2D eigenvalue weighted by Gasteiger charge is -2.07. The van der Waals surface area contributed by atoms with Crippen LogP contribution in [0.4, 0.5) is 16.3 Å². The molecule has 0 bridgehead atoms. The lowest BCUT2D eigenvalue weighted by Crippen LogP contribution is -2.21. The van der Waals surface area contributed by atoms with Crippen LogP contribution in [0, 0.1) is 0 Å². The minimum absolute atomic E-state index is 0.0661. The van der Waals surface area contributed by atoms with Crippen molar-refractivity contribution in [1.82, 2.24) is 9.78 Å². The van der Waals surface area contributed by atoms with Gasteiger partial charge in [0.15, 0.2) is 5.82 Å². The number of primary amides is 1. The van der Waals surface area contributed by atoms with Gasteiger partial charge in [-0.15, -0.1) is 0 Å². The Hall–Kier alpha value is -2.25. The average molecular weight is 328 g/mol. The largest absolute Gasteiger partial charge is 0.368 e. The molecule has 1 aromatic carbocycles. The molecule has 0 fully saturated rings. The van der Waals surface area contributed by atoms with Gasteiger partial charge >= 0.3 is 6.03 Å². The number of nitrogens with zero attached hydrogens (tertiary/aromatic N) is 2. The molecule has 0 atom stereocenters. The van der Waals surface area contributed by atoms with E-state index in [0.29, 0.717) is 15.7 Å². The highest BCUT2D eigenvalue weighted by Crippen LogP contribution is 2.25. The summed E-state index contributed by atoms with van der Waals surface area (Å²) in [6.07, 6.45) is 1.52. The Morgan fingerprint density at radius 1 is 1.24 bits per heavy atom. The zero-order chi connectivity index (χ0) is 15.4. The van der Waals surface area contributed by atoms with Gasteiger partial charge in [-0.1, -0.05) is 23.2 Å². The summed E-state index contributed by atoms with van der Waals surface area (Å²) in [7, 11) is 0. The van der Waals surface area contributed by atoms with Gasteiger partial charge in [0.2, 0.25) is 5.91 Å². The van der Waals surface area contributed by atoms with E-state index in [1.165, 1.54) is 23.0 Å². The first-order chi connectivity index (χ1) is 9.94. The van der Waals surface area contributed by atoms with Gasteiger partial charge in [-0.2, -0.15) is 5.10 Å². The van der Waals surface area contributed by atoms with Crippen LogP contribution in [0.25, 0.3) is 0 Å². The van der Waals surface area contributed by atoms with Crippen molar-refractivity contribution < 1.29 is 9.59 Å². The second kappa shape index (κ2) is 6.47. The van der Waals surface area contributed by atoms with Crippen molar-refractivity contribution in [2.45, 2.75) is 6.54 Å². The van der Waals surface area contributed by atoms with Crippen molar-refractivity contribution in [2.75, 3.05) is 10.6 Å². The molecule has 1 aromatic heterocycles. The van der Waals surface area contributed by atoms with Crippen LogP contribution in [0.1, 0.15) is 0 Å². The fraction of sp³-hybridized carbons (Fsp3) is 0.0833. The normalized spacial score (nSPS) is 10.2. The highest BCUT2D eigenvalue weighted by Gasteiger charge is 2.09. The molecule has 0 aliphatic rings. The van der Waals surface area contributed by atoms with Crippen LogP contribution in [0.15, 0.2) is 30.5 Å². The number of carbonyl (C=O) groups is 2. The minimum Gasteiger partial charge on any atom is -0.368 e. The van der Waals surface area contributed by atoms with E-state index in [2.05, 4.69) is 15.7 Å². The Morgan fingerprint density at radius 3 is 2.71 bits per heavy atom. The summed E-state index contributed by atoms with van der Waals surface area (Å²) in [5.74, 6) is -0.258. The van der Waals surface area contributed by atoms with Crippen LogP contribution >= 0.6 is 23.2 Å². The number of halogens is 2. The molecule has 9 heteroatoms. The SMILES string of the molecule is NC(=O)Cn1ccc(NC(=O)Nc2cc(Cl)ccc2Cl)n1. The highest BCUT2D eigenvalue weighted by atomic mass is 35.5. The monoisotopic (exact) mass is 327 g/mol. The van der Waals surface area contributed by atoms with E-state index in [9.17, 15) is 9.59 Å². The molecule has 0 aliphatic carbocycles. The second-order valence-electron chi connectivity index (χ2n) is 4.07. The number of nitrogens with two attached hydrogens (primary N) is 1. The standard InChI is InChI=1S/C12H11Cl2N5O2/c13-7-1-2-8(14)9(5-7)16-12(21)17-11-3-4-19(18-11)6-10(15)20/h1-5H,6H2,(H2,15,20)(H2,16,17,18,21). The zero-order valence-corrected chi connectivity index (χ0v) is 12.1. The summed E-state index contributed by atoms with van der Waals surface area (Å²) >= 11 is 11.8. The van der Waals surface area contributed by atoms with Gasteiger partial charge in [0.25, 0.3) is 0 Å². The smallest absolute Gasteiger partial charge is 0.324 e. The van der Waals surface area contributed by atoms with Crippen molar-refractivity contribution in [2.24, 2.45) is 5.73 Å². The number of aromatic nitrogens is 2. The number of hydrogen-bond donors (Lipinski definition) is 3. The van der Waals surface area contributed by atoms with Crippen LogP contribution in [-0.4, -0.2) is 21.7 Å². The number of rotatable bonds is 4. The number of nitrogens with one attached hydrogen (secondary N) is 2. The first-order valence-electron chi connectivity index (χ1n) is 5.79. The van der Waals surface area contributed by atoms with E-state index in [-0.39, 0.29) is 12.4 Å². The summed E-state index contributed by atoms with van der Waals surface area (Å²) in [4.78, 5) is 22.6. The number of benzene rings is 1. The lowest BCUT2D eigenvalue weighted by atomic mass is 10.3. The quantitative estimate of drug-likeness (QED) is 0.802. The minimum atomic E-state index is -0.538. The molecule has 0 spiro atoms. The number of carbonyl (C=O) groups excluding carboxylic acids is 2. The van der Waals surface area contributed by atoms with Crippen LogP contribution in [0.2, 0.25) is 10.0 Å². The van der Waals surface area contributed by atoms with E-state index in [4.69, 9.17) is 28.9 Å². The molecule has 2 aromatic rings. The van der Waals surface area contributed by atoms with Crippen molar-refractivity contribution >= 4 is 46.6 Å². The number of hydrogen-bond acceptors (Lipinski definition) is 3. The molecule has 7 nitrogen and oxygen atoms in total. The lowest BCUT2D eigenvalue weighted by molar-refractivity contribution is -0.118. The molecule has 0 saturated carbocycles. The predicted octanol–water partition coefficient (Wildman–Crippen LogP) is 2.32. The molecule has 2 rings (SSSR count). The van der Waals surface area contributed by atoms with E-state index in [0.717, 1.165) is 0 Å². The van der Waals surface area contributed by atoms with Crippen LogP contribution in [-0.2, 0) is 11.3 Å². The zero-order valence-electron chi connectivity index (χ0n) is 10.6. The van der Waals surface area contributed by atoms with Crippen LogP contribution in [0.3, 0.4) is 0 Å². The number of urea groups is 1. The molecule has 110 valence electrons. The first kappa shape index (κ1) is 15.1. The third-order valence-corrected chi connectivity index (χ3v) is 2.94. The van der Waals surface area contributed by atoms with Gasteiger partial charge in [0, 0.05) is 17.3 Å². The third kappa shape index (κ3) is 4.37. The number of anilines is 2. The summed E-state index contributed by atoms with van der Waals surface area (Å²) in [5.41, 5.74) is 5.41. The molecule has 4 N–H and O–H groups in total. The fourth-order valence-corrected chi connectivity index (χ4v) is 1.88. The summed E-state index contributed by atoms with van der Waals surface area (Å²) in [6.45, 7) is -0.0661. The van der Waals surface area contributed by atoms with E-state index < -0.39 is 11.9 Å². The Morgan fingerprint density at radius 2 is 2.00 bits per heavy atom. The molecule has 1 heterocycles. The molecular weight excluding hydrogens is 317 g/mol. The number of amides is 3. The molecule has 0 radical (unpaired) electrons. The molecule has 0 unspecified atom stereocenters. The van der Waals surface area contributed by atoms with Gasteiger partial charge in [-0.25, -0.2) is 4.79 Å². The van der Waals surface area contributed by atoms with Crippen molar-refractivity contribution in [3.8, 4) is 0 Å². The molecular formula is C12H11Cl2N5O2. The van der Waals surface area contributed by atoms with E-state index in [1.54, 1.807) is 12.1 Å². The van der Waals surface area contributed by atoms with Gasteiger partial charge in [-0.05, 0) is 18.2 Å². The molecule has 0 saturated heterocycles. The Bertz CT molecular complexity index is 686. The molecule has 21 heavy (non-hydrogen) atoms. The second-order valence-corrected chi connectivity index (χ2v) is 4.91. The van der Waals surface area contributed by atoms with Crippen LogP contribution < -0.4 is 16.4 Å². The molecule has 3 amide bonds. The highest BCUT2D eigenvalue weighted by molar-refractivity contribution is 6.35. The topological polar surface area (TPSA) is 102 Å². The maximum atomic E-state index is 11.8. The van der Waals surface area contributed by atoms with E-state index >= 15 is 0 Å². The average Bonchev–Trinajstić information content (AvgIpc) is 2.80. The predicted molar refractivity (Wildman–Crippen MR) is 80.5 cm³/mol. The van der Waals surface area contributed by atoms with Gasteiger partial charge < -0.3 is 11.1 Å². The Balaban J connectivity index is 2.00. The maximum absolute atomic E-state index is 11.8. The Kier molecular flexibility index (Phi) is 4.66. The van der Waals surface area contributed by atoms with Crippen LogP contribution in [0.5, 0.6) is 0 Å². The van der Waals surface area contributed by atoms with Crippen molar-refractivity contribution in [3.05, 3.63) is 40.5 Å². The van der Waals surface area contributed by atoms with Crippen molar-refractivity contribution in [3.63, 3.8) is 0 Å². The summed E-state index contributed by atoms with van der Waals surface area (Å²) in [5, 5.41) is 9.79. The Labute approximate surface area is 130 Å². The summed E-state index contributed by atoms with van der Waals surface area (Å²) in [6, 6.07) is 5.69. The van der Waals surface area contributed by atoms with Gasteiger partial charge in [0.05, 0.1) is 10.7 Å². The first-order valence-corrected chi connectivity index (χ1v) is 6.54. The molecule has 0 aliphatic heterocycles. The summed E-state index contributed by atoms with van der Waals surface area (Å²) < 4.78 is 1.31.